The molecule has 4 nitrogen and oxygen atoms in total. The summed E-state index contributed by atoms with van der Waals surface area (Å²) in [6.45, 7) is 3.92. The van der Waals surface area contributed by atoms with Crippen molar-refractivity contribution in [3.63, 3.8) is 0 Å². The molecule has 1 atom stereocenters. The average molecular weight is 253 g/mol. The molecule has 19 heavy (non-hydrogen) atoms. The first-order chi connectivity index (χ1) is 9.24. The molecular formula is C15H15N3O. The highest BCUT2D eigenvalue weighted by molar-refractivity contribution is 5.90. The number of para-hydroxylation sites is 1. The van der Waals surface area contributed by atoms with Gasteiger partial charge >= 0.3 is 0 Å². The topological polar surface area (TPSA) is 51.0 Å². The van der Waals surface area contributed by atoms with Gasteiger partial charge in [-0.2, -0.15) is 0 Å². The molecule has 1 N–H and O–H groups in total. The Hall–Kier alpha value is -2.36. The Labute approximate surface area is 111 Å². The third kappa shape index (κ3) is 2.29. The van der Waals surface area contributed by atoms with Gasteiger partial charge in [-0.3, -0.25) is 4.98 Å². The molecule has 2 aromatic heterocycles. The number of anilines is 1. The maximum atomic E-state index is 5.54. The summed E-state index contributed by atoms with van der Waals surface area (Å²) in [6, 6.07) is 10.0. The normalized spacial score (nSPS) is 12.5. The molecule has 0 saturated carbocycles. The van der Waals surface area contributed by atoms with Crippen LogP contribution < -0.4 is 5.32 Å². The van der Waals surface area contributed by atoms with Crippen LogP contribution in [0.3, 0.4) is 0 Å². The van der Waals surface area contributed by atoms with E-state index in [-0.39, 0.29) is 6.04 Å². The average Bonchev–Trinajstić information content (AvgIpc) is 2.86. The van der Waals surface area contributed by atoms with Crippen LogP contribution in [0.5, 0.6) is 0 Å². The molecular weight excluding hydrogens is 238 g/mol. The first-order valence-corrected chi connectivity index (χ1v) is 6.26. The maximum Gasteiger partial charge on any atom is 0.216 e. The van der Waals surface area contributed by atoms with Gasteiger partial charge in [0.2, 0.25) is 5.89 Å². The molecule has 0 fully saturated rings. The lowest BCUT2D eigenvalue weighted by Gasteiger charge is -2.13. The number of hydrogen-bond acceptors (Lipinski definition) is 4. The number of oxazole rings is 1. The monoisotopic (exact) mass is 253 g/mol. The largest absolute Gasteiger partial charge is 0.444 e. The summed E-state index contributed by atoms with van der Waals surface area (Å²) >= 11 is 0. The van der Waals surface area contributed by atoms with Crippen molar-refractivity contribution < 1.29 is 4.42 Å². The van der Waals surface area contributed by atoms with Crippen LogP contribution in [0.2, 0.25) is 0 Å². The molecule has 0 aliphatic heterocycles. The van der Waals surface area contributed by atoms with E-state index in [0.717, 1.165) is 22.4 Å². The van der Waals surface area contributed by atoms with Crippen molar-refractivity contribution in [3.8, 4) is 0 Å². The summed E-state index contributed by atoms with van der Waals surface area (Å²) < 4.78 is 5.54. The number of rotatable bonds is 3. The van der Waals surface area contributed by atoms with Crippen LogP contribution >= 0.6 is 0 Å². The Morgan fingerprint density at radius 3 is 2.79 bits per heavy atom. The van der Waals surface area contributed by atoms with Gasteiger partial charge in [-0.25, -0.2) is 4.98 Å². The van der Waals surface area contributed by atoms with Gasteiger partial charge in [0.15, 0.2) is 0 Å². The SMILES string of the molecule is Cc1cnc(C(C)Nc2ccnc3ccccc23)o1. The zero-order valence-corrected chi connectivity index (χ0v) is 10.9. The van der Waals surface area contributed by atoms with E-state index in [2.05, 4.69) is 21.4 Å². The molecule has 96 valence electrons. The van der Waals surface area contributed by atoms with Gasteiger partial charge in [-0.1, -0.05) is 18.2 Å². The van der Waals surface area contributed by atoms with Crippen LogP contribution in [0.1, 0.15) is 24.6 Å². The minimum atomic E-state index is 0.0134. The number of pyridine rings is 1. The van der Waals surface area contributed by atoms with E-state index >= 15 is 0 Å². The zero-order valence-electron chi connectivity index (χ0n) is 10.9. The molecule has 4 heteroatoms. The molecule has 0 saturated heterocycles. The van der Waals surface area contributed by atoms with Crippen molar-refractivity contribution in [1.29, 1.82) is 0 Å². The first-order valence-electron chi connectivity index (χ1n) is 6.26. The van der Waals surface area contributed by atoms with Crippen molar-refractivity contribution in [2.24, 2.45) is 0 Å². The van der Waals surface area contributed by atoms with Crippen LogP contribution in [-0.2, 0) is 0 Å². The molecule has 2 heterocycles. The van der Waals surface area contributed by atoms with Crippen molar-refractivity contribution in [2.75, 3.05) is 5.32 Å². The molecule has 1 unspecified atom stereocenters. The summed E-state index contributed by atoms with van der Waals surface area (Å²) in [6.07, 6.45) is 3.54. The van der Waals surface area contributed by atoms with Crippen molar-refractivity contribution in [3.05, 3.63) is 54.4 Å². The van der Waals surface area contributed by atoms with Crippen LogP contribution in [0.4, 0.5) is 5.69 Å². The van der Waals surface area contributed by atoms with E-state index < -0.39 is 0 Å². The summed E-state index contributed by atoms with van der Waals surface area (Å²) in [4.78, 5) is 8.59. The van der Waals surface area contributed by atoms with Gasteiger partial charge < -0.3 is 9.73 Å². The third-order valence-corrected chi connectivity index (χ3v) is 3.03. The number of aromatic nitrogens is 2. The molecule has 0 bridgehead atoms. The lowest BCUT2D eigenvalue weighted by atomic mass is 10.1. The molecule has 0 spiro atoms. The molecule has 3 aromatic rings. The van der Waals surface area contributed by atoms with E-state index in [9.17, 15) is 0 Å². The first kappa shape index (κ1) is 11.7. The number of nitrogens with one attached hydrogen (secondary N) is 1. The fourth-order valence-corrected chi connectivity index (χ4v) is 2.09. The van der Waals surface area contributed by atoms with E-state index in [1.165, 1.54) is 0 Å². The molecule has 0 aliphatic carbocycles. The fraction of sp³-hybridized carbons (Fsp3) is 0.200. The van der Waals surface area contributed by atoms with E-state index in [1.807, 2.05) is 38.1 Å². The van der Waals surface area contributed by atoms with Crippen LogP contribution in [-0.4, -0.2) is 9.97 Å². The Kier molecular flexibility index (Phi) is 2.91. The standard InChI is InChI=1S/C15H15N3O/c1-10-9-17-15(19-10)11(2)18-14-7-8-16-13-6-4-3-5-12(13)14/h3-9,11H,1-2H3,(H,16,18). The van der Waals surface area contributed by atoms with Gasteiger partial charge in [0.1, 0.15) is 11.8 Å². The van der Waals surface area contributed by atoms with Gasteiger partial charge in [0.05, 0.1) is 11.7 Å². The van der Waals surface area contributed by atoms with Crippen molar-refractivity contribution in [2.45, 2.75) is 19.9 Å². The maximum absolute atomic E-state index is 5.54. The summed E-state index contributed by atoms with van der Waals surface area (Å²) in [7, 11) is 0. The third-order valence-electron chi connectivity index (χ3n) is 3.03. The highest BCUT2D eigenvalue weighted by atomic mass is 16.4. The molecule has 0 aliphatic rings. The van der Waals surface area contributed by atoms with Crippen molar-refractivity contribution in [1.82, 2.24) is 9.97 Å². The number of fused-ring (bicyclic) bond motifs is 1. The van der Waals surface area contributed by atoms with Gasteiger partial charge in [-0.15, -0.1) is 0 Å². The minimum Gasteiger partial charge on any atom is -0.444 e. The Morgan fingerprint density at radius 2 is 2.00 bits per heavy atom. The van der Waals surface area contributed by atoms with Crippen LogP contribution in [0.15, 0.2) is 47.1 Å². The quantitative estimate of drug-likeness (QED) is 0.773. The van der Waals surface area contributed by atoms with E-state index in [0.29, 0.717) is 5.89 Å². The minimum absolute atomic E-state index is 0.0134. The molecule has 3 rings (SSSR count). The molecule has 0 amide bonds. The second kappa shape index (κ2) is 4.72. The van der Waals surface area contributed by atoms with E-state index in [1.54, 1.807) is 12.4 Å². The number of aryl methyl sites for hydroxylation is 1. The lowest BCUT2D eigenvalue weighted by molar-refractivity contribution is 0.454. The number of nitrogens with zero attached hydrogens (tertiary/aromatic N) is 2. The van der Waals surface area contributed by atoms with Crippen LogP contribution in [0.25, 0.3) is 10.9 Å². The Bertz CT molecular complexity index is 700. The number of hydrogen-bond donors (Lipinski definition) is 1. The summed E-state index contributed by atoms with van der Waals surface area (Å²) in [5, 5.41) is 4.52. The zero-order chi connectivity index (χ0) is 13.2. The van der Waals surface area contributed by atoms with Gasteiger partial charge in [-0.05, 0) is 26.0 Å². The molecule has 1 aromatic carbocycles. The van der Waals surface area contributed by atoms with Crippen molar-refractivity contribution >= 4 is 16.6 Å². The highest BCUT2D eigenvalue weighted by Gasteiger charge is 2.12. The number of benzene rings is 1. The van der Waals surface area contributed by atoms with Gasteiger partial charge in [0, 0.05) is 17.3 Å². The summed E-state index contributed by atoms with van der Waals surface area (Å²) in [5.41, 5.74) is 2.01. The lowest BCUT2D eigenvalue weighted by Crippen LogP contribution is -2.07. The predicted octanol–water partition coefficient (Wildman–Crippen LogP) is 3.70. The summed E-state index contributed by atoms with van der Waals surface area (Å²) in [5.74, 6) is 1.52. The Balaban J connectivity index is 1.93. The second-order valence-electron chi connectivity index (χ2n) is 4.55. The molecule has 0 radical (unpaired) electrons. The highest BCUT2D eigenvalue weighted by Crippen LogP contribution is 2.25. The smallest absolute Gasteiger partial charge is 0.216 e. The second-order valence-corrected chi connectivity index (χ2v) is 4.55. The van der Waals surface area contributed by atoms with E-state index in [4.69, 9.17) is 4.42 Å². The Morgan fingerprint density at radius 1 is 1.16 bits per heavy atom. The van der Waals surface area contributed by atoms with Gasteiger partial charge in [0.25, 0.3) is 0 Å². The predicted molar refractivity (Wildman–Crippen MR) is 75.0 cm³/mol. The fourth-order valence-electron chi connectivity index (χ4n) is 2.09. The van der Waals surface area contributed by atoms with Crippen LogP contribution in [0, 0.1) is 6.92 Å².